The Hall–Kier alpha value is -1.06. The van der Waals surface area contributed by atoms with Gasteiger partial charge in [0.1, 0.15) is 0 Å². The summed E-state index contributed by atoms with van der Waals surface area (Å²) in [5.41, 5.74) is 0. The number of carbonyl (C=O) groups is 2. The van der Waals surface area contributed by atoms with Gasteiger partial charge in [0.25, 0.3) is 0 Å². The highest BCUT2D eigenvalue weighted by Crippen LogP contribution is 2.05. The van der Waals surface area contributed by atoms with Gasteiger partial charge in [-0.2, -0.15) is 0 Å². The summed E-state index contributed by atoms with van der Waals surface area (Å²) in [6.07, 6.45) is 0.607. The summed E-state index contributed by atoms with van der Waals surface area (Å²) in [4.78, 5) is 23.0. The van der Waals surface area contributed by atoms with Crippen molar-refractivity contribution in [3.8, 4) is 0 Å². The average molecular weight is 157 g/mol. The first-order valence-corrected chi connectivity index (χ1v) is 3.73. The summed E-state index contributed by atoms with van der Waals surface area (Å²) in [5, 5.41) is 0. The van der Waals surface area contributed by atoms with Crippen LogP contribution in [-0.4, -0.2) is 30.1 Å². The fourth-order valence-corrected chi connectivity index (χ4v) is 0.969. The molecule has 0 radical (unpaired) electrons. The van der Waals surface area contributed by atoms with Crippen molar-refractivity contribution >= 4 is 12.0 Å². The number of imide groups is 1. The second-order valence-electron chi connectivity index (χ2n) is 2.37. The van der Waals surface area contributed by atoms with Gasteiger partial charge in [-0.3, -0.25) is 4.79 Å². The van der Waals surface area contributed by atoms with E-state index in [2.05, 4.69) is 4.74 Å². The molecule has 1 fully saturated rings. The Morgan fingerprint density at radius 1 is 1.73 bits per heavy atom. The molecule has 0 aromatic carbocycles. The molecule has 0 saturated carbocycles. The van der Waals surface area contributed by atoms with Gasteiger partial charge in [-0.1, -0.05) is 6.92 Å². The molecule has 0 spiro atoms. The van der Waals surface area contributed by atoms with E-state index in [1.54, 1.807) is 6.92 Å². The molecular formula is C7H11NO3. The molecule has 2 amide bonds. The molecule has 4 heteroatoms. The van der Waals surface area contributed by atoms with Crippen LogP contribution in [0.1, 0.15) is 19.8 Å². The van der Waals surface area contributed by atoms with Gasteiger partial charge >= 0.3 is 6.09 Å². The lowest BCUT2D eigenvalue weighted by Gasteiger charge is -2.23. The van der Waals surface area contributed by atoms with Crippen LogP contribution < -0.4 is 0 Å². The van der Waals surface area contributed by atoms with E-state index < -0.39 is 6.09 Å². The van der Waals surface area contributed by atoms with Crippen LogP contribution in [0.2, 0.25) is 0 Å². The Kier molecular flexibility index (Phi) is 2.46. The molecule has 62 valence electrons. The first kappa shape index (κ1) is 8.04. The lowest BCUT2D eigenvalue weighted by atomic mass is 10.3. The SMILES string of the molecule is CCC(=O)N1CCCOC1=O. The van der Waals surface area contributed by atoms with Crippen molar-refractivity contribution in [1.82, 2.24) is 4.90 Å². The van der Waals surface area contributed by atoms with Crippen molar-refractivity contribution < 1.29 is 14.3 Å². The average Bonchev–Trinajstić information content (AvgIpc) is 2.04. The van der Waals surface area contributed by atoms with Gasteiger partial charge in [-0.15, -0.1) is 0 Å². The van der Waals surface area contributed by atoms with Crippen molar-refractivity contribution in [2.75, 3.05) is 13.2 Å². The maximum atomic E-state index is 11.0. The van der Waals surface area contributed by atoms with E-state index >= 15 is 0 Å². The lowest BCUT2D eigenvalue weighted by Crippen LogP contribution is -2.41. The van der Waals surface area contributed by atoms with Gasteiger partial charge in [-0.05, 0) is 6.42 Å². The zero-order valence-corrected chi connectivity index (χ0v) is 6.50. The van der Waals surface area contributed by atoms with Crippen LogP contribution in [0.15, 0.2) is 0 Å². The summed E-state index contributed by atoms with van der Waals surface area (Å²) in [5.74, 6) is -0.158. The Balaban J connectivity index is 2.54. The molecule has 1 aliphatic rings. The topological polar surface area (TPSA) is 46.6 Å². The van der Waals surface area contributed by atoms with Crippen LogP contribution in [0.4, 0.5) is 4.79 Å². The van der Waals surface area contributed by atoms with Gasteiger partial charge in [0.2, 0.25) is 5.91 Å². The Bertz CT molecular complexity index is 171. The van der Waals surface area contributed by atoms with E-state index in [9.17, 15) is 9.59 Å². The molecule has 1 rings (SSSR count). The minimum absolute atomic E-state index is 0.158. The summed E-state index contributed by atoms with van der Waals surface area (Å²) in [7, 11) is 0. The van der Waals surface area contributed by atoms with Crippen LogP contribution in [0, 0.1) is 0 Å². The normalized spacial score (nSPS) is 17.9. The van der Waals surface area contributed by atoms with Crippen molar-refractivity contribution in [1.29, 1.82) is 0 Å². The predicted octanol–water partition coefficient (Wildman–Crippen LogP) is 0.765. The number of cyclic esters (lactones) is 1. The highest BCUT2D eigenvalue weighted by atomic mass is 16.6. The number of carbonyl (C=O) groups excluding carboxylic acids is 2. The maximum Gasteiger partial charge on any atom is 0.416 e. The molecule has 0 bridgehead atoms. The molecule has 1 saturated heterocycles. The molecule has 0 aromatic rings. The van der Waals surface area contributed by atoms with Gasteiger partial charge < -0.3 is 4.74 Å². The number of hydrogen-bond donors (Lipinski definition) is 0. The van der Waals surface area contributed by atoms with Crippen LogP contribution >= 0.6 is 0 Å². The number of ether oxygens (including phenoxy) is 1. The van der Waals surface area contributed by atoms with Crippen LogP contribution in [0.25, 0.3) is 0 Å². The van der Waals surface area contributed by atoms with E-state index in [-0.39, 0.29) is 5.91 Å². The molecule has 0 unspecified atom stereocenters. The van der Waals surface area contributed by atoms with Gasteiger partial charge in [-0.25, -0.2) is 9.69 Å². The Morgan fingerprint density at radius 3 is 3.00 bits per heavy atom. The fraction of sp³-hybridized carbons (Fsp3) is 0.714. The first-order valence-electron chi connectivity index (χ1n) is 3.73. The van der Waals surface area contributed by atoms with E-state index in [0.29, 0.717) is 19.6 Å². The zero-order chi connectivity index (χ0) is 8.27. The Morgan fingerprint density at radius 2 is 2.45 bits per heavy atom. The molecule has 11 heavy (non-hydrogen) atoms. The van der Waals surface area contributed by atoms with Gasteiger partial charge in [0, 0.05) is 13.0 Å². The standard InChI is InChI=1S/C7H11NO3/c1-2-6(9)8-4-3-5-11-7(8)10/h2-5H2,1H3. The van der Waals surface area contributed by atoms with Crippen molar-refractivity contribution in [3.63, 3.8) is 0 Å². The van der Waals surface area contributed by atoms with Crippen LogP contribution in [0.3, 0.4) is 0 Å². The number of rotatable bonds is 1. The highest BCUT2D eigenvalue weighted by molar-refractivity contribution is 5.92. The monoisotopic (exact) mass is 157 g/mol. The van der Waals surface area contributed by atoms with E-state index in [1.807, 2.05) is 0 Å². The molecular weight excluding hydrogens is 146 g/mol. The highest BCUT2D eigenvalue weighted by Gasteiger charge is 2.24. The summed E-state index contributed by atoms with van der Waals surface area (Å²) in [6, 6.07) is 0. The van der Waals surface area contributed by atoms with E-state index in [1.165, 1.54) is 0 Å². The Labute approximate surface area is 65.1 Å². The summed E-state index contributed by atoms with van der Waals surface area (Å²) in [6.45, 7) is 2.67. The summed E-state index contributed by atoms with van der Waals surface area (Å²) >= 11 is 0. The second-order valence-corrected chi connectivity index (χ2v) is 2.37. The third-order valence-corrected chi connectivity index (χ3v) is 1.58. The maximum absolute atomic E-state index is 11.0. The molecule has 1 aliphatic heterocycles. The second kappa shape index (κ2) is 3.37. The third-order valence-electron chi connectivity index (χ3n) is 1.58. The predicted molar refractivity (Wildman–Crippen MR) is 38.0 cm³/mol. The zero-order valence-electron chi connectivity index (χ0n) is 6.50. The number of hydrogen-bond acceptors (Lipinski definition) is 3. The van der Waals surface area contributed by atoms with Crippen LogP contribution in [0.5, 0.6) is 0 Å². The smallest absolute Gasteiger partial charge is 0.416 e. The van der Waals surface area contributed by atoms with Gasteiger partial charge in [0.05, 0.1) is 6.61 Å². The number of nitrogens with zero attached hydrogens (tertiary/aromatic N) is 1. The molecule has 0 N–H and O–H groups in total. The van der Waals surface area contributed by atoms with Crippen molar-refractivity contribution in [3.05, 3.63) is 0 Å². The molecule has 0 aromatic heterocycles. The first-order chi connectivity index (χ1) is 5.25. The molecule has 1 heterocycles. The third kappa shape index (κ3) is 1.69. The number of amides is 2. The van der Waals surface area contributed by atoms with E-state index in [0.717, 1.165) is 11.3 Å². The quantitative estimate of drug-likeness (QED) is 0.564. The van der Waals surface area contributed by atoms with Crippen molar-refractivity contribution in [2.45, 2.75) is 19.8 Å². The minimum Gasteiger partial charge on any atom is -0.449 e. The lowest BCUT2D eigenvalue weighted by molar-refractivity contribution is -0.130. The molecule has 4 nitrogen and oxygen atoms in total. The molecule has 0 atom stereocenters. The van der Waals surface area contributed by atoms with E-state index in [4.69, 9.17) is 0 Å². The largest absolute Gasteiger partial charge is 0.449 e. The van der Waals surface area contributed by atoms with Gasteiger partial charge in [0.15, 0.2) is 0 Å². The summed E-state index contributed by atoms with van der Waals surface area (Å²) < 4.78 is 4.68. The molecule has 0 aliphatic carbocycles. The van der Waals surface area contributed by atoms with Crippen LogP contribution in [-0.2, 0) is 9.53 Å². The minimum atomic E-state index is -0.497. The van der Waals surface area contributed by atoms with Crippen molar-refractivity contribution in [2.24, 2.45) is 0 Å². The fourth-order valence-electron chi connectivity index (χ4n) is 0.969.